The van der Waals surface area contributed by atoms with E-state index in [1.165, 1.54) is 36.4 Å². The molecule has 0 spiro atoms. The van der Waals surface area contributed by atoms with Gasteiger partial charge in [-0.15, -0.1) is 0 Å². The van der Waals surface area contributed by atoms with Crippen LogP contribution in [0.15, 0.2) is 72.8 Å². The molecule has 1 N–H and O–H groups in total. The fourth-order valence-electron chi connectivity index (χ4n) is 2.56. The van der Waals surface area contributed by atoms with E-state index in [0.29, 0.717) is 5.56 Å². The first-order valence-corrected chi connectivity index (χ1v) is 8.56. The number of hydrogen-bond donors (Lipinski definition) is 1. The number of ether oxygens (including phenoxy) is 1. The molecule has 0 atom stereocenters. The van der Waals surface area contributed by atoms with Gasteiger partial charge in [0, 0.05) is 11.1 Å². The van der Waals surface area contributed by atoms with E-state index in [1.54, 1.807) is 0 Å². The van der Waals surface area contributed by atoms with E-state index < -0.39 is 23.5 Å². The predicted octanol–water partition coefficient (Wildman–Crippen LogP) is 4.11. The molecule has 4 nitrogen and oxygen atoms in total. The summed E-state index contributed by atoms with van der Waals surface area (Å²) >= 11 is 0. The average molecular weight is 381 g/mol. The molecule has 0 aromatic heterocycles. The Bertz CT molecular complexity index is 973. The van der Waals surface area contributed by atoms with Gasteiger partial charge in [-0.1, -0.05) is 48.5 Å². The lowest BCUT2D eigenvalue weighted by Gasteiger charge is -2.08. The van der Waals surface area contributed by atoms with Crippen molar-refractivity contribution in [3.8, 4) is 11.1 Å². The summed E-state index contributed by atoms with van der Waals surface area (Å²) in [5.41, 5.74) is 1.65. The highest BCUT2D eigenvalue weighted by atomic mass is 19.1. The van der Waals surface area contributed by atoms with Crippen LogP contribution in [0.5, 0.6) is 0 Å². The van der Waals surface area contributed by atoms with Gasteiger partial charge < -0.3 is 10.1 Å². The first kappa shape index (κ1) is 19.2. The summed E-state index contributed by atoms with van der Waals surface area (Å²) in [6.45, 7) is -0.219. The normalized spacial score (nSPS) is 10.4. The van der Waals surface area contributed by atoms with E-state index in [2.05, 4.69) is 5.32 Å². The smallest absolute Gasteiger partial charge is 0.325 e. The predicted molar refractivity (Wildman–Crippen MR) is 100 cm³/mol. The van der Waals surface area contributed by atoms with Gasteiger partial charge in [0.2, 0.25) is 0 Å². The van der Waals surface area contributed by atoms with E-state index in [9.17, 15) is 18.4 Å². The molecule has 0 aliphatic heterocycles. The van der Waals surface area contributed by atoms with E-state index in [4.69, 9.17) is 4.74 Å². The molecule has 3 rings (SSSR count). The number of halogens is 2. The van der Waals surface area contributed by atoms with Gasteiger partial charge in [-0.05, 0) is 35.4 Å². The summed E-state index contributed by atoms with van der Waals surface area (Å²) in [5.74, 6) is -2.23. The minimum absolute atomic E-state index is 0.0687. The van der Waals surface area contributed by atoms with Crippen LogP contribution in [-0.2, 0) is 16.1 Å². The molecular formula is C22H17F2NO3. The maximum absolute atomic E-state index is 14.3. The monoisotopic (exact) mass is 381 g/mol. The van der Waals surface area contributed by atoms with Crippen molar-refractivity contribution in [3.05, 3.63) is 95.6 Å². The highest BCUT2D eigenvalue weighted by Crippen LogP contribution is 2.24. The first-order valence-electron chi connectivity index (χ1n) is 8.56. The molecule has 0 aliphatic rings. The van der Waals surface area contributed by atoms with Gasteiger partial charge in [0.25, 0.3) is 5.91 Å². The fourth-order valence-corrected chi connectivity index (χ4v) is 2.56. The lowest BCUT2D eigenvalue weighted by Crippen LogP contribution is -2.30. The number of nitrogens with one attached hydrogen (secondary N) is 1. The molecule has 142 valence electrons. The Balaban J connectivity index is 1.56. The largest absolute Gasteiger partial charge is 0.460 e. The molecule has 0 unspecified atom stereocenters. The average Bonchev–Trinajstić information content (AvgIpc) is 2.72. The molecule has 0 fully saturated rings. The van der Waals surface area contributed by atoms with Crippen molar-refractivity contribution in [2.75, 3.05) is 6.54 Å². The maximum atomic E-state index is 14.3. The van der Waals surface area contributed by atoms with Gasteiger partial charge in [0.15, 0.2) is 0 Å². The number of carbonyl (C=O) groups is 2. The van der Waals surface area contributed by atoms with Crippen molar-refractivity contribution in [1.82, 2.24) is 5.32 Å². The summed E-state index contributed by atoms with van der Waals surface area (Å²) in [6, 6.07) is 18.5. The zero-order valence-corrected chi connectivity index (χ0v) is 14.8. The van der Waals surface area contributed by atoms with Crippen LogP contribution in [0.25, 0.3) is 11.1 Å². The van der Waals surface area contributed by atoms with Gasteiger partial charge in [0.1, 0.15) is 24.8 Å². The molecule has 3 aromatic carbocycles. The number of rotatable bonds is 6. The van der Waals surface area contributed by atoms with Crippen molar-refractivity contribution in [3.63, 3.8) is 0 Å². The van der Waals surface area contributed by atoms with Crippen molar-refractivity contribution in [2.45, 2.75) is 6.61 Å². The number of hydrogen-bond acceptors (Lipinski definition) is 3. The van der Waals surface area contributed by atoms with Crippen LogP contribution in [0.1, 0.15) is 15.9 Å². The molecule has 3 aromatic rings. The summed E-state index contributed by atoms with van der Waals surface area (Å²) in [4.78, 5) is 23.9. The number of amides is 1. The molecule has 0 radical (unpaired) electrons. The van der Waals surface area contributed by atoms with Crippen LogP contribution < -0.4 is 5.32 Å². The van der Waals surface area contributed by atoms with Gasteiger partial charge >= 0.3 is 5.97 Å². The lowest BCUT2D eigenvalue weighted by atomic mass is 10.0. The topological polar surface area (TPSA) is 55.4 Å². The van der Waals surface area contributed by atoms with Crippen LogP contribution in [0.3, 0.4) is 0 Å². The first-order chi connectivity index (χ1) is 13.5. The van der Waals surface area contributed by atoms with Crippen LogP contribution in [0.2, 0.25) is 0 Å². The molecule has 0 saturated heterocycles. The molecule has 0 aliphatic carbocycles. The third-order valence-electron chi connectivity index (χ3n) is 4.02. The second kappa shape index (κ2) is 8.90. The van der Waals surface area contributed by atoms with Crippen molar-refractivity contribution in [2.24, 2.45) is 0 Å². The maximum Gasteiger partial charge on any atom is 0.325 e. The third kappa shape index (κ3) is 5.01. The lowest BCUT2D eigenvalue weighted by molar-refractivity contribution is -0.143. The van der Waals surface area contributed by atoms with Gasteiger partial charge in [-0.3, -0.25) is 9.59 Å². The summed E-state index contributed by atoms with van der Waals surface area (Å²) < 4.78 is 32.4. The Morgan fingerprint density at radius 2 is 1.61 bits per heavy atom. The Kier molecular flexibility index (Phi) is 6.11. The van der Waals surface area contributed by atoms with Crippen LogP contribution in [-0.4, -0.2) is 18.4 Å². The highest BCUT2D eigenvalue weighted by Gasteiger charge is 2.13. The third-order valence-corrected chi connectivity index (χ3v) is 4.02. The van der Waals surface area contributed by atoms with Gasteiger partial charge in [0.05, 0.1) is 0 Å². The van der Waals surface area contributed by atoms with Crippen LogP contribution in [0.4, 0.5) is 8.78 Å². The minimum Gasteiger partial charge on any atom is -0.460 e. The Labute approximate surface area is 160 Å². The van der Waals surface area contributed by atoms with Crippen LogP contribution in [0, 0.1) is 11.6 Å². The Morgan fingerprint density at radius 1 is 0.893 bits per heavy atom. The van der Waals surface area contributed by atoms with Crippen molar-refractivity contribution >= 4 is 11.9 Å². The summed E-state index contributed by atoms with van der Waals surface area (Å²) in [6.07, 6.45) is 0. The van der Waals surface area contributed by atoms with Gasteiger partial charge in [-0.25, -0.2) is 8.78 Å². The molecular weight excluding hydrogens is 364 g/mol. The molecule has 0 saturated carbocycles. The van der Waals surface area contributed by atoms with E-state index >= 15 is 0 Å². The fraction of sp³-hybridized carbons (Fsp3) is 0.0909. The summed E-state index contributed by atoms with van der Waals surface area (Å²) in [7, 11) is 0. The molecule has 28 heavy (non-hydrogen) atoms. The SMILES string of the molecule is O=C(CNC(=O)c1ccc(-c2ccc(F)cc2)c(F)c1)OCc1ccccc1. The van der Waals surface area contributed by atoms with E-state index in [-0.39, 0.29) is 24.3 Å². The standard InChI is InChI=1S/C22H17F2NO3/c23-18-9-6-16(7-10-18)19-11-8-17(12-20(19)24)22(27)25-13-21(26)28-14-15-4-2-1-3-5-15/h1-12H,13-14H2,(H,25,27). The minimum atomic E-state index is -0.620. The van der Waals surface area contributed by atoms with Crippen molar-refractivity contribution in [1.29, 1.82) is 0 Å². The molecule has 1 amide bonds. The molecule has 0 bridgehead atoms. The second-order valence-electron chi connectivity index (χ2n) is 6.03. The Hall–Kier alpha value is -3.54. The van der Waals surface area contributed by atoms with E-state index in [0.717, 1.165) is 11.6 Å². The highest BCUT2D eigenvalue weighted by molar-refractivity contribution is 5.96. The number of esters is 1. The quantitative estimate of drug-likeness (QED) is 0.654. The number of carbonyl (C=O) groups excluding carboxylic acids is 2. The molecule has 6 heteroatoms. The zero-order valence-electron chi connectivity index (χ0n) is 14.8. The number of benzene rings is 3. The van der Waals surface area contributed by atoms with Crippen molar-refractivity contribution < 1.29 is 23.1 Å². The van der Waals surface area contributed by atoms with Crippen LogP contribution >= 0.6 is 0 Å². The zero-order chi connectivity index (χ0) is 19.9. The molecule has 0 heterocycles. The Morgan fingerprint density at radius 3 is 2.29 bits per heavy atom. The summed E-state index contributed by atoms with van der Waals surface area (Å²) in [5, 5.41) is 2.40. The second-order valence-corrected chi connectivity index (χ2v) is 6.03. The van der Waals surface area contributed by atoms with E-state index in [1.807, 2.05) is 30.3 Å². The van der Waals surface area contributed by atoms with Gasteiger partial charge in [-0.2, -0.15) is 0 Å².